The summed E-state index contributed by atoms with van der Waals surface area (Å²) in [5, 5.41) is 0.719. The highest BCUT2D eigenvalue weighted by atomic mass is 35.5. The molecule has 1 saturated heterocycles. The van der Waals surface area contributed by atoms with Gasteiger partial charge in [-0.05, 0) is 55.7 Å². The van der Waals surface area contributed by atoms with Gasteiger partial charge in [0.2, 0.25) is 10.0 Å². The zero-order valence-electron chi connectivity index (χ0n) is 19.7. The summed E-state index contributed by atoms with van der Waals surface area (Å²) in [4.78, 5) is 29.6. The molecule has 4 rings (SSSR count). The highest BCUT2D eigenvalue weighted by Gasteiger charge is 2.32. The number of fused-ring (bicyclic) bond motifs is 1. The quantitative estimate of drug-likeness (QED) is 0.394. The van der Waals surface area contributed by atoms with Crippen LogP contribution in [0.4, 0.5) is 0 Å². The molecule has 36 heavy (non-hydrogen) atoms. The molecule has 0 aliphatic carbocycles. The van der Waals surface area contributed by atoms with Gasteiger partial charge in [-0.25, -0.2) is 8.42 Å². The summed E-state index contributed by atoms with van der Waals surface area (Å²) in [6.07, 6.45) is 3.46. The van der Waals surface area contributed by atoms with Crippen molar-refractivity contribution >= 4 is 66.7 Å². The maximum absolute atomic E-state index is 13.2. The highest BCUT2D eigenvalue weighted by molar-refractivity contribution is 7.89. The van der Waals surface area contributed by atoms with Crippen LogP contribution < -0.4 is 4.80 Å². The summed E-state index contributed by atoms with van der Waals surface area (Å²) in [6.45, 7) is 2.29. The molecule has 1 aromatic heterocycles. The van der Waals surface area contributed by atoms with Crippen molar-refractivity contribution in [2.75, 3.05) is 13.7 Å². The van der Waals surface area contributed by atoms with Crippen molar-refractivity contribution in [1.82, 2.24) is 8.87 Å². The lowest BCUT2D eigenvalue weighted by Gasteiger charge is -2.34. The number of hydrogen-bond donors (Lipinski definition) is 0. The number of piperidine rings is 1. The molecule has 8 nitrogen and oxygen atoms in total. The summed E-state index contributed by atoms with van der Waals surface area (Å²) >= 11 is 13.6. The zero-order chi connectivity index (χ0) is 26.0. The van der Waals surface area contributed by atoms with Crippen molar-refractivity contribution in [2.24, 2.45) is 4.99 Å². The standard InChI is InChI=1S/C24H25Cl2N3O5S2/c1-3-17-6-4-5-11-29(17)36(32,33)18-9-7-15(8-10-18)23(31)27-24-28(14-21(30)34-2)22-19(26)12-16(25)13-20(22)35-24/h7-10,12-13,17H,3-6,11,14H2,1-2H3. The van der Waals surface area contributed by atoms with Crippen molar-refractivity contribution < 1.29 is 22.7 Å². The number of sulfonamides is 1. The Morgan fingerprint density at radius 2 is 1.89 bits per heavy atom. The van der Waals surface area contributed by atoms with Crippen molar-refractivity contribution in [3.05, 3.63) is 56.8 Å². The summed E-state index contributed by atoms with van der Waals surface area (Å²) in [5.41, 5.74) is 0.724. The molecule has 12 heteroatoms. The van der Waals surface area contributed by atoms with E-state index in [-0.39, 0.29) is 27.8 Å². The first kappa shape index (κ1) is 26.8. The fourth-order valence-corrected chi connectivity index (χ4v) is 7.89. The SMILES string of the molecule is CCC1CCCCN1S(=O)(=O)c1ccc(C(=O)N=c2sc3cc(Cl)cc(Cl)c3n2CC(=O)OC)cc1. The molecule has 0 N–H and O–H groups in total. The van der Waals surface area contributed by atoms with E-state index < -0.39 is 21.9 Å². The molecule has 0 radical (unpaired) electrons. The molecular weight excluding hydrogens is 545 g/mol. The van der Waals surface area contributed by atoms with Gasteiger partial charge in [0.05, 0.1) is 27.2 Å². The maximum atomic E-state index is 13.2. The molecule has 0 spiro atoms. The number of esters is 1. The van der Waals surface area contributed by atoms with Crippen LogP contribution in [0.2, 0.25) is 10.0 Å². The van der Waals surface area contributed by atoms with E-state index in [4.69, 9.17) is 27.9 Å². The number of carbonyl (C=O) groups is 2. The van der Waals surface area contributed by atoms with E-state index in [1.807, 2.05) is 6.92 Å². The molecule has 1 atom stereocenters. The number of halogens is 2. The second-order valence-corrected chi connectivity index (χ2v) is 12.1. The van der Waals surface area contributed by atoms with Crippen LogP contribution in [-0.4, -0.2) is 48.9 Å². The maximum Gasteiger partial charge on any atom is 0.325 e. The topological polar surface area (TPSA) is 98.0 Å². The average molecular weight is 571 g/mol. The van der Waals surface area contributed by atoms with Crippen LogP contribution in [-0.2, 0) is 26.1 Å². The van der Waals surface area contributed by atoms with Crippen molar-refractivity contribution in [3.8, 4) is 0 Å². The first-order chi connectivity index (χ1) is 17.1. The molecule has 1 aliphatic rings. The van der Waals surface area contributed by atoms with Crippen LogP contribution in [0.25, 0.3) is 10.2 Å². The zero-order valence-corrected chi connectivity index (χ0v) is 22.9. The number of rotatable bonds is 6. The van der Waals surface area contributed by atoms with E-state index in [9.17, 15) is 18.0 Å². The number of ether oxygens (including phenoxy) is 1. The summed E-state index contributed by atoms with van der Waals surface area (Å²) in [7, 11) is -2.40. The van der Waals surface area contributed by atoms with E-state index in [1.54, 1.807) is 16.4 Å². The minimum Gasteiger partial charge on any atom is -0.468 e. The Kier molecular flexibility index (Phi) is 8.21. The van der Waals surface area contributed by atoms with E-state index in [2.05, 4.69) is 4.99 Å². The number of aromatic nitrogens is 1. The van der Waals surface area contributed by atoms with Gasteiger partial charge in [-0.2, -0.15) is 9.30 Å². The van der Waals surface area contributed by atoms with Crippen LogP contribution in [0.1, 0.15) is 43.0 Å². The van der Waals surface area contributed by atoms with Crippen molar-refractivity contribution in [1.29, 1.82) is 0 Å². The van der Waals surface area contributed by atoms with Crippen molar-refractivity contribution in [3.63, 3.8) is 0 Å². The van der Waals surface area contributed by atoms with Gasteiger partial charge < -0.3 is 9.30 Å². The van der Waals surface area contributed by atoms with E-state index in [1.165, 1.54) is 35.9 Å². The summed E-state index contributed by atoms with van der Waals surface area (Å²) in [6, 6.07) is 8.97. The molecule has 1 aliphatic heterocycles. The van der Waals surface area contributed by atoms with Crippen LogP contribution in [0.3, 0.4) is 0 Å². The van der Waals surface area contributed by atoms with E-state index in [0.29, 0.717) is 26.8 Å². The van der Waals surface area contributed by atoms with E-state index in [0.717, 1.165) is 37.0 Å². The van der Waals surface area contributed by atoms with Crippen LogP contribution in [0, 0.1) is 0 Å². The van der Waals surface area contributed by atoms with Crippen LogP contribution in [0.15, 0.2) is 46.3 Å². The number of benzene rings is 2. The fourth-order valence-electron chi connectivity index (χ4n) is 4.31. The average Bonchev–Trinajstić information content (AvgIpc) is 3.20. The largest absolute Gasteiger partial charge is 0.468 e. The molecule has 192 valence electrons. The van der Waals surface area contributed by atoms with Crippen molar-refractivity contribution in [2.45, 2.75) is 50.1 Å². The predicted octanol–water partition coefficient (Wildman–Crippen LogP) is 4.88. The Labute approximate surface area is 223 Å². The molecule has 1 fully saturated rings. The number of amides is 1. The Morgan fingerprint density at radius 1 is 1.17 bits per heavy atom. The lowest BCUT2D eigenvalue weighted by Crippen LogP contribution is -2.43. The summed E-state index contributed by atoms with van der Waals surface area (Å²) in [5.74, 6) is -1.12. The van der Waals surface area contributed by atoms with Gasteiger partial charge >= 0.3 is 5.97 Å². The Balaban J connectivity index is 1.69. The normalized spacial score (nSPS) is 17.4. The molecular formula is C24H25Cl2N3O5S2. The monoisotopic (exact) mass is 569 g/mol. The van der Waals surface area contributed by atoms with Gasteiger partial charge in [-0.15, -0.1) is 0 Å². The lowest BCUT2D eigenvalue weighted by atomic mass is 10.0. The minimum atomic E-state index is -3.66. The Morgan fingerprint density at radius 3 is 2.56 bits per heavy atom. The smallest absolute Gasteiger partial charge is 0.325 e. The molecule has 1 unspecified atom stereocenters. The van der Waals surface area contributed by atoms with Crippen LogP contribution >= 0.6 is 34.5 Å². The molecule has 1 amide bonds. The van der Waals surface area contributed by atoms with Crippen LogP contribution in [0.5, 0.6) is 0 Å². The number of thiazole rings is 1. The molecule has 2 aromatic carbocycles. The third kappa shape index (κ3) is 5.38. The van der Waals surface area contributed by atoms with Gasteiger partial charge in [0.25, 0.3) is 5.91 Å². The highest BCUT2D eigenvalue weighted by Crippen LogP contribution is 2.30. The number of nitrogens with zero attached hydrogens (tertiary/aromatic N) is 3. The summed E-state index contributed by atoms with van der Waals surface area (Å²) < 4.78 is 34.9. The van der Waals surface area contributed by atoms with Gasteiger partial charge in [-0.3, -0.25) is 9.59 Å². The van der Waals surface area contributed by atoms with Gasteiger partial charge in [0, 0.05) is 23.2 Å². The third-order valence-electron chi connectivity index (χ3n) is 6.16. The number of carbonyl (C=O) groups excluding carboxylic acids is 2. The molecule has 3 aromatic rings. The number of hydrogen-bond acceptors (Lipinski definition) is 6. The van der Waals surface area contributed by atoms with Gasteiger partial charge in [0.1, 0.15) is 6.54 Å². The van der Waals surface area contributed by atoms with Gasteiger partial charge in [0.15, 0.2) is 4.80 Å². The second kappa shape index (κ2) is 11.0. The predicted molar refractivity (Wildman–Crippen MR) is 140 cm³/mol. The van der Waals surface area contributed by atoms with E-state index >= 15 is 0 Å². The molecule has 0 bridgehead atoms. The number of methoxy groups -OCH3 is 1. The Bertz CT molecular complexity index is 1480. The molecule has 2 heterocycles. The minimum absolute atomic E-state index is 0.0152. The van der Waals surface area contributed by atoms with Gasteiger partial charge in [-0.1, -0.05) is 47.9 Å². The third-order valence-corrected chi connectivity index (χ3v) is 9.66. The first-order valence-electron chi connectivity index (χ1n) is 11.4. The molecule has 0 saturated carbocycles. The Hall–Kier alpha value is -2.24. The first-order valence-corrected chi connectivity index (χ1v) is 14.4. The fraction of sp³-hybridized carbons (Fsp3) is 0.375. The second-order valence-electron chi connectivity index (χ2n) is 8.40. The lowest BCUT2D eigenvalue weighted by molar-refractivity contribution is -0.141.